The number of amides is 2. The molecule has 1 unspecified atom stereocenters. The molecule has 1 heterocycles. The standard InChI is InChI=1S/C14H16F3N3O2/c15-14(16,17)9-3-5-10(6-4-9)19-8-12(21)20-7-1-2-11(20)13(18)22/h3-6,11,19H,1-2,7-8H2,(H2,18,22). The Hall–Kier alpha value is -2.25. The molecular formula is C14H16F3N3O2. The summed E-state index contributed by atoms with van der Waals surface area (Å²) in [5.74, 6) is -0.846. The van der Waals surface area contributed by atoms with Crippen molar-refractivity contribution in [3.63, 3.8) is 0 Å². The van der Waals surface area contributed by atoms with Gasteiger partial charge in [-0.1, -0.05) is 0 Å². The minimum absolute atomic E-state index is 0.102. The maximum atomic E-state index is 12.4. The molecule has 22 heavy (non-hydrogen) atoms. The summed E-state index contributed by atoms with van der Waals surface area (Å²) < 4.78 is 37.3. The van der Waals surface area contributed by atoms with Gasteiger partial charge in [-0.25, -0.2) is 0 Å². The third-order valence-corrected chi connectivity index (χ3v) is 3.56. The Morgan fingerprint density at radius 2 is 1.91 bits per heavy atom. The highest BCUT2D eigenvalue weighted by molar-refractivity contribution is 5.89. The summed E-state index contributed by atoms with van der Waals surface area (Å²) >= 11 is 0. The van der Waals surface area contributed by atoms with Crippen molar-refractivity contribution in [3.8, 4) is 0 Å². The molecule has 1 aliphatic rings. The second kappa shape index (κ2) is 6.25. The van der Waals surface area contributed by atoms with Crippen molar-refractivity contribution in [2.45, 2.75) is 25.1 Å². The van der Waals surface area contributed by atoms with E-state index in [1.807, 2.05) is 0 Å². The summed E-state index contributed by atoms with van der Waals surface area (Å²) in [6.45, 7) is 0.357. The van der Waals surface area contributed by atoms with Gasteiger partial charge in [0.2, 0.25) is 11.8 Å². The number of primary amides is 1. The normalized spacial score (nSPS) is 18.3. The average Bonchev–Trinajstić information content (AvgIpc) is 2.94. The molecule has 1 fully saturated rings. The molecule has 0 bridgehead atoms. The van der Waals surface area contributed by atoms with Crippen LogP contribution in [-0.2, 0) is 15.8 Å². The van der Waals surface area contributed by atoms with Crippen molar-refractivity contribution in [2.24, 2.45) is 5.73 Å². The fourth-order valence-electron chi connectivity index (χ4n) is 2.42. The average molecular weight is 315 g/mol. The molecule has 8 heteroatoms. The van der Waals surface area contributed by atoms with E-state index in [0.29, 0.717) is 25.1 Å². The van der Waals surface area contributed by atoms with E-state index in [0.717, 1.165) is 12.1 Å². The maximum Gasteiger partial charge on any atom is 0.416 e. The van der Waals surface area contributed by atoms with Crippen LogP contribution >= 0.6 is 0 Å². The van der Waals surface area contributed by atoms with E-state index in [4.69, 9.17) is 5.73 Å². The van der Waals surface area contributed by atoms with E-state index in [1.165, 1.54) is 17.0 Å². The summed E-state index contributed by atoms with van der Waals surface area (Å²) in [6.07, 6.45) is -3.14. The van der Waals surface area contributed by atoms with Gasteiger partial charge < -0.3 is 16.0 Å². The Kier molecular flexibility index (Phi) is 4.58. The third kappa shape index (κ3) is 3.69. The van der Waals surface area contributed by atoms with Gasteiger partial charge in [0, 0.05) is 12.2 Å². The van der Waals surface area contributed by atoms with E-state index < -0.39 is 23.7 Å². The lowest BCUT2D eigenvalue weighted by Gasteiger charge is -2.22. The van der Waals surface area contributed by atoms with Crippen LogP contribution in [0.5, 0.6) is 0 Å². The van der Waals surface area contributed by atoms with Gasteiger partial charge in [0.25, 0.3) is 0 Å². The maximum absolute atomic E-state index is 12.4. The molecule has 1 saturated heterocycles. The fraction of sp³-hybridized carbons (Fsp3) is 0.429. The van der Waals surface area contributed by atoms with Crippen LogP contribution in [0.1, 0.15) is 18.4 Å². The first-order chi connectivity index (χ1) is 10.3. The van der Waals surface area contributed by atoms with Gasteiger partial charge in [0.05, 0.1) is 12.1 Å². The number of benzene rings is 1. The summed E-state index contributed by atoms with van der Waals surface area (Å²) in [4.78, 5) is 24.7. The number of likely N-dealkylation sites (tertiary alicyclic amines) is 1. The lowest BCUT2D eigenvalue weighted by atomic mass is 10.2. The minimum Gasteiger partial charge on any atom is -0.376 e. The largest absolute Gasteiger partial charge is 0.416 e. The second-order valence-electron chi connectivity index (χ2n) is 5.08. The van der Waals surface area contributed by atoms with Crippen LogP contribution < -0.4 is 11.1 Å². The Morgan fingerprint density at radius 1 is 1.27 bits per heavy atom. The first-order valence-electron chi connectivity index (χ1n) is 6.79. The molecule has 5 nitrogen and oxygen atoms in total. The number of hydrogen-bond donors (Lipinski definition) is 2. The molecule has 0 saturated carbocycles. The molecule has 2 rings (SSSR count). The number of hydrogen-bond acceptors (Lipinski definition) is 3. The van der Waals surface area contributed by atoms with Crippen molar-refractivity contribution >= 4 is 17.5 Å². The Labute approximate surface area is 125 Å². The predicted molar refractivity (Wildman–Crippen MR) is 73.9 cm³/mol. The number of alkyl halides is 3. The van der Waals surface area contributed by atoms with E-state index in [2.05, 4.69) is 5.32 Å². The molecule has 0 spiro atoms. The number of carbonyl (C=O) groups excluding carboxylic acids is 2. The molecule has 0 radical (unpaired) electrons. The highest BCUT2D eigenvalue weighted by Gasteiger charge is 2.32. The zero-order chi connectivity index (χ0) is 16.3. The summed E-state index contributed by atoms with van der Waals surface area (Å²) in [6, 6.07) is 3.79. The van der Waals surface area contributed by atoms with Crippen LogP contribution in [0, 0.1) is 0 Å². The summed E-state index contributed by atoms with van der Waals surface area (Å²) in [5.41, 5.74) is 4.88. The monoisotopic (exact) mass is 315 g/mol. The van der Waals surface area contributed by atoms with Gasteiger partial charge in [-0.3, -0.25) is 9.59 Å². The van der Waals surface area contributed by atoms with Crippen molar-refractivity contribution in [1.82, 2.24) is 4.90 Å². The number of nitrogens with zero attached hydrogens (tertiary/aromatic N) is 1. The van der Waals surface area contributed by atoms with Gasteiger partial charge in [-0.2, -0.15) is 13.2 Å². The molecule has 1 aromatic rings. The highest BCUT2D eigenvalue weighted by atomic mass is 19.4. The smallest absolute Gasteiger partial charge is 0.376 e. The van der Waals surface area contributed by atoms with Gasteiger partial charge in [0.15, 0.2) is 0 Å². The molecule has 0 aliphatic carbocycles. The lowest BCUT2D eigenvalue weighted by Crippen LogP contribution is -2.45. The van der Waals surface area contributed by atoms with Gasteiger partial charge >= 0.3 is 6.18 Å². The lowest BCUT2D eigenvalue weighted by molar-refractivity contribution is -0.137. The van der Waals surface area contributed by atoms with Crippen molar-refractivity contribution in [1.29, 1.82) is 0 Å². The van der Waals surface area contributed by atoms with E-state index in [9.17, 15) is 22.8 Å². The topological polar surface area (TPSA) is 75.4 Å². The summed E-state index contributed by atoms with van der Waals surface area (Å²) in [7, 11) is 0. The molecule has 0 aromatic heterocycles. The van der Waals surface area contributed by atoms with Gasteiger partial charge in [-0.05, 0) is 37.1 Å². The molecule has 1 aromatic carbocycles. The van der Waals surface area contributed by atoms with Crippen LogP contribution in [-0.4, -0.2) is 35.8 Å². The number of anilines is 1. The summed E-state index contributed by atoms with van der Waals surface area (Å²) in [5, 5.41) is 2.75. The second-order valence-corrected chi connectivity index (χ2v) is 5.08. The predicted octanol–water partition coefficient (Wildman–Crippen LogP) is 1.59. The third-order valence-electron chi connectivity index (χ3n) is 3.56. The number of nitrogens with one attached hydrogen (secondary N) is 1. The molecular weight excluding hydrogens is 299 g/mol. The zero-order valence-corrected chi connectivity index (χ0v) is 11.7. The highest BCUT2D eigenvalue weighted by Crippen LogP contribution is 2.29. The SMILES string of the molecule is NC(=O)C1CCCN1C(=O)CNc1ccc(C(F)(F)F)cc1. The number of carbonyl (C=O) groups is 2. The van der Waals surface area contributed by atoms with E-state index >= 15 is 0 Å². The molecule has 1 aliphatic heterocycles. The van der Waals surface area contributed by atoms with Crippen LogP contribution in [0.15, 0.2) is 24.3 Å². The van der Waals surface area contributed by atoms with Crippen LogP contribution in [0.4, 0.5) is 18.9 Å². The molecule has 1 atom stereocenters. The van der Waals surface area contributed by atoms with Crippen molar-refractivity contribution < 1.29 is 22.8 Å². The number of rotatable bonds is 4. The van der Waals surface area contributed by atoms with Gasteiger partial charge in [0.1, 0.15) is 6.04 Å². The van der Waals surface area contributed by atoms with Crippen LogP contribution in [0.2, 0.25) is 0 Å². The first kappa shape index (κ1) is 16.1. The fourth-order valence-corrected chi connectivity index (χ4v) is 2.42. The number of halogens is 3. The minimum atomic E-state index is -4.39. The first-order valence-corrected chi connectivity index (χ1v) is 6.79. The Balaban J connectivity index is 1.92. The van der Waals surface area contributed by atoms with E-state index in [-0.39, 0.29) is 12.5 Å². The number of nitrogens with two attached hydrogens (primary N) is 1. The Bertz CT molecular complexity index is 557. The van der Waals surface area contributed by atoms with Crippen LogP contribution in [0.25, 0.3) is 0 Å². The zero-order valence-electron chi connectivity index (χ0n) is 11.7. The molecule has 2 amide bonds. The Morgan fingerprint density at radius 3 is 2.45 bits per heavy atom. The van der Waals surface area contributed by atoms with Crippen molar-refractivity contribution in [3.05, 3.63) is 29.8 Å². The molecule has 3 N–H and O–H groups in total. The van der Waals surface area contributed by atoms with Crippen LogP contribution in [0.3, 0.4) is 0 Å². The quantitative estimate of drug-likeness (QED) is 0.886. The van der Waals surface area contributed by atoms with Gasteiger partial charge in [-0.15, -0.1) is 0 Å². The van der Waals surface area contributed by atoms with Crippen molar-refractivity contribution in [2.75, 3.05) is 18.4 Å². The molecule has 120 valence electrons. The van der Waals surface area contributed by atoms with E-state index in [1.54, 1.807) is 0 Å².